The average molecular weight is 321 g/mol. The van der Waals surface area contributed by atoms with Crippen molar-refractivity contribution in [3.8, 4) is 0 Å². The van der Waals surface area contributed by atoms with Gasteiger partial charge in [-0.3, -0.25) is 0 Å². The second kappa shape index (κ2) is 5.28. The number of sulfone groups is 1. The van der Waals surface area contributed by atoms with E-state index in [1.165, 1.54) is 0 Å². The molecule has 0 heterocycles. The van der Waals surface area contributed by atoms with Gasteiger partial charge in [0.25, 0.3) is 0 Å². The molecular formula is C16H13ClO3S. The zero-order valence-corrected chi connectivity index (χ0v) is 12.6. The molecule has 21 heavy (non-hydrogen) atoms. The zero-order valence-electron chi connectivity index (χ0n) is 11.0. The molecule has 2 aromatic carbocycles. The zero-order chi connectivity index (χ0) is 15.0. The van der Waals surface area contributed by atoms with E-state index in [-0.39, 0.29) is 10.8 Å². The lowest BCUT2D eigenvalue weighted by atomic mass is 10.1. The first kappa shape index (κ1) is 14.3. The van der Waals surface area contributed by atoms with Crippen LogP contribution in [-0.4, -0.2) is 20.0 Å². The van der Waals surface area contributed by atoms with Crippen molar-refractivity contribution < 1.29 is 13.2 Å². The average Bonchev–Trinajstić information content (AvgIpc) is 3.23. The lowest BCUT2D eigenvalue weighted by molar-refractivity contribution is -0.108. The minimum atomic E-state index is -3.51. The van der Waals surface area contributed by atoms with E-state index in [9.17, 15) is 13.2 Å². The van der Waals surface area contributed by atoms with Crippen LogP contribution in [0, 0.1) is 5.92 Å². The molecule has 0 radical (unpaired) electrons. The number of benzene rings is 2. The third kappa shape index (κ3) is 2.49. The molecule has 1 saturated carbocycles. The Balaban J connectivity index is 1.98. The smallest absolute Gasteiger partial charge is 0.182 e. The first-order valence-corrected chi connectivity index (χ1v) is 8.48. The maximum absolute atomic E-state index is 12.6. The fourth-order valence-corrected chi connectivity index (χ4v) is 5.09. The number of halogens is 1. The molecule has 0 aliphatic heterocycles. The van der Waals surface area contributed by atoms with Crippen LogP contribution < -0.4 is 0 Å². The van der Waals surface area contributed by atoms with Gasteiger partial charge < -0.3 is 4.79 Å². The topological polar surface area (TPSA) is 51.2 Å². The molecule has 0 saturated heterocycles. The summed E-state index contributed by atoms with van der Waals surface area (Å²) < 4.78 is 25.3. The van der Waals surface area contributed by atoms with Crippen LogP contribution in [0.15, 0.2) is 59.5 Å². The van der Waals surface area contributed by atoms with Gasteiger partial charge in [0, 0.05) is 16.9 Å². The number of carbonyl (C=O) groups is 1. The van der Waals surface area contributed by atoms with Crippen molar-refractivity contribution in [1.82, 2.24) is 0 Å². The first-order valence-electron chi connectivity index (χ1n) is 6.55. The normalized spacial score (nSPS) is 24.5. The molecule has 1 fully saturated rings. The second-order valence-electron chi connectivity index (χ2n) is 5.12. The van der Waals surface area contributed by atoms with Gasteiger partial charge in [0.1, 0.15) is 6.29 Å². The Hall–Kier alpha value is -1.65. The van der Waals surface area contributed by atoms with E-state index in [0.29, 0.717) is 5.02 Å². The Morgan fingerprint density at radius 1 is 1.00 bits per heavy atom. The maximum Gasteiger partial charge on any atom is 0.182 e. The fourth-order valence-electron chi connectivity index (χ4n) is 2.76. The van der Waals surface area contributed by atoms with Gasteiger partial charge in [-0.25, -0.2) is 8.42 Å². The van der Waals surface area contributed by atoms with Crippen molar-refractivity contribution in [3.63, 3.8) is 0 Å². The molecule has 1 aliphatic rings. The Bertz CT molecular complexity index is 771. The van der Waals surface area contributed by atoms with Gasteiger partial charge in [-0.05, 0) is 29.8 Å². The Kier molecular flexibility index (Phi) is 3.59. The lowest BCUT2D eigenvalue weighted by Gasteiger charge is -2.04. The molecule has 5 heteroatoms. The van der Waals surface area contributed by atoms with Crippen molar-refractivity contribution >= 4 is 27.7 Å². The highest BCUT2D eigenvalue weighted by Crippen LogP contribution is 2.53. The van der Waals surface area contributed by atoms with Crippen molar-refractivity contribution in [3.05, 3.63) is 65.2 Å². The number of rotatable bonds is 4. The number of hydrogen-bond donors (Lipinski definition) is 0. The van der Waals surface area contributed by atoms with E-state index in [0.717, 1.165) is 11.8 Å². The van der Waals surface area contributed by atoms with Crippen LogP contribution in [0.3, 0.4) is 0 Å². The molecule has 0 spiro atoms. The Morgan fingerprint density at radius 3 is 2.33 bits per heavy atom. The summed E-state index contributed by atoms with van der Waals surface area (Å²) in [5.41, 5.74) is 0.795. The molecule has 1 aliphatic carbocycles. The maximum atomic E-state index is 12.6. The minimum Gasteiger partial charge on any atom is -0.303 e. The summed E-state index contributed by atoms with van der Waals surface area (Å²) in [5.74, 6) is -0.819. The Morgan fingerprint density at radius 2 is 1.71 bits per heavy atom. The van der Waals surface area contributed by atoms with Gasteiger partial charge in [-0.1, -0.05) is 41.9 Å². The highest BCUT2D eigenvalue weighted by atomic mass is 35.5. The summed E-state index contributed by atoms with van der Waals surface area (Å²) in [4.78, 5) is 11.5. The molecule has 0 N–H and O–H groups in total. The second-order valence-corrected chi connectivity index (χ2v) is 7.66. The first-order chi connectivity index (χ1) is 10.1. The summed E-state index contributed by atoms with van der Waals surface area (Å²) in [6.07, 6.45) is 0.733. The minimum absolute atomic E-state index is 0.256. The SMILES string of the molecule is O=C[C@@H]1[C@@H](c2cccc(Cl)c2)[C@@H]1S(=O)(=O)c1ccccc1. The van der Waals surface area contributed by atoms with Gasteiger partial charge in [0.05, 0.1) is 10.1 Å². The number of hydrogen-bond acceptors (Lipinski definition) is 3. The largest absolute Gasteiger partial charge is 0.303 e. The van der Waals surface area contributed by atoms with Crippen molar-refractivity contribution in [2.45, 2.75) is 16.1 Å². The van der Waals surface area contributed by atoms with Gasteiger partial charge in [-0.15, -0.1) is 0 Å². The van der Waals surface area contributed by atoms with Gasteiger partial charge in [0.2, 0.25) is 0 Å². The lowest BCUT2D eigenvalue weighted by Crippen LogP contribution is -2.10. The summed E-state index contributed by atoms with van der Waals surface area (Å²) in [7, 11) is -3.51. The van der Waals surface area contributed by atoms with Crippen LogP contribution in [0.4, 0.5) is 0 Å². The van der Waals surface area contributed by atoms with Crippen LogP contribution in [0.1, 0.15) is 11.5 Å². The summed E-state index contributed by atoms with van der Waals surface area (Å²) in [6, 6.07) is 15.3. The summed E-state index contributed by atoms with van der Waals surface area (Å²) in [6.45, 7) is 0. The molecule has 3 atom stereocenters. The molecule has 0 aromatic heterocycles. The highest BCUT2D eigenvalue weighted by molar-refractivity contribution is 7.92. The summed E-state index contributed by atoms with van der Waals surface area (Å²) in [5, 5.41) is -0.157. The molecule has 0 unspecified atom stereocenters. The van der Waals surface area contributed by atoms with Crippen LogP contribution in [-0.2, 0) is 14.6 Å². The number of aldehydes is 1. The van der Waals surface area contributed by atoms with Gasteiger partial charge >= 0.3 is 0 Å². The van der Waals surface area contributed by atoms with Crippen LogP contribution in [0.2, 0.25) is 5.02 Å². The third-order valence-corrected chi connectivity index (χ3v) is 6.32. The van der Waals surface area contributed by atoms with Crippen molar-refractivity contribution in [2.24, 2.45) is 5.92 Å². The van der Waals surface area contributed by atoms with Crippen molar-refractivity contribution in [2.75, 3.05) is 0 Å². The quantitative estimate of drug-likeness (QED) is 0.813. The van der Waals surface area contributed by atoms with Crippen LogP contribution in [0.5, 0.6) is 0 Å². The van der Waals surface area contributed by atoms with Crippen molar-refractivity contribution in [1.29, 1.82) is 0 Å². The fraction of sp³-hybridized carbons (Fsp3) is 0.188. The molecule has 0 bridgehead atoms. The molecule has 2 aromatic rings. The number of carbonyl (C=O) groups excluding carboxylic acids is 1. The third-order valence-electron chi connectivity index (χ3n) is 3.83. The monoisotopic (exact) mass is 320 g/mol. The Labute approximate surface area is 128 Å². The predicted molar refractivity (Wildman–Crippen MR) is 81.2 cm³/mol. The molecular weight excluding hydrogens is 308 g/mol. The summed E-state index contributed by atoms with van der Waals surface area (Å²) >= 11 is 5.95. The standard InChI is InChI=1S/C16H13ClO3S/c17-12-6-4-5-11(9-12)15-14(10-18)16(15)21(19,20)13-7-2-1-3-8-13/h1-10,14-16H/t14-,15-,16-/m1/s1. The molecule has 108 valence electrons. The molecule has 3 rings (SSSR count). The van der Waals surface area contributed by atoms with E-state index in [4.69, 9.17) is 11.6 Å². The predicted octanol–water partition coefficient (Wildman–Crippen LogP) is 3.09. The van der Waals surface area contributed by atoms with E-state index < -0.39 is 21.0 Å². The van der Waals surface area contributed by atoms with E-state index in [1.54, 1.807) is 48.5 Å². The van der Waals surface area contributed by atoms with Gasteiger partial charge in [0.15, 0.2) is 9.84 Å². The van der Waals surface area contributed by atoms with E-state index in [1.807, 2.05) is 6.07 Å². The van der Waals surface area contributed by atoms with Gasteiger partial charge in [-0.2, -0.15) is 0 Å². The van der Waals surface area contributed by atoms with Crippen LogP contribution >= 0.6 is 11.6 Å². The molecule has 3 nitrogen and oxygen atoms in total. The van der Waals surface area contributed by atoms with E-state index >= 15 is 0 Å². The van der Waals surface area contributed by atoms with E-state index in [2.05, 4.69) is 0 Å². The van der Waals surface area contributed by atoms with Crippen LogP contribution in [0.25, 0.3) is 0 Å². The molecule has 0 amide bonds. The highest BCUT2D eigenvalue weighted by Gasteiger charge is 2.59.